The minimum absolute atomic E-state index is 1.09. The molecule has 0 aromatic heterocycles. The van der Waals surface area contributed by atoms with E-state index in [9.17, 15) is 0 Å². The Kier molecular flexibility index (Phi) is 3.52. The number of aliphatic imine (C=N–C) groups is 1. The molecule has 0 unspecified atom stereocenters. The molecule has 0 aliphatic carbocycles. The maximum absolute atomic E-state index is 4.27. The highest BCUT2D eigenvalue weighted by Crippen LogP contribution is 2.22. The van der Waals surface area contributed by atoms with Gasteiger partial charge in [0.1, 0.15) is 0 Å². The van der Waals surface area contributed by atoms with Crippen molar-refractivity contribution < 1.29 is 0 Å². The zero-order chi connectivity index (χ0) is 8.81. The quantitative estimate of drug-likeness (QED) is 0.553. The molecule has 0 N–H and O–H groups in total. The molecular weight excluding hydrogens is 146 g/mol. The zero-order valence-corrected chi connectivity index (χ0v) is 7.75. The van der Waals surface area contributed by atoms with Gasteiger partial charge in [-0.25, -0.2) is 0 Å². The fourth-order valence-corrected chi connectivity index (χ4v) is 1.23. The van der Waals surface area contributed by atoms with Crippen LogP contribution in [0.5, 0.6) is 0 Å². The lowest BCUT2D eigenvalue weighted by molar-refractivity contribution is 1.03. The maximum Gasteiger partial charge on any atom is 0.0657 e. The van der Waals surface area contributed by atoms with Gasteiger partial charge in [0.2, 0.25) is 0 Å². The highest BCUT2D eigenvalue weighted by atomic mass is 14.7. The number of rotatable bonds is 0. The van der Waals surface area contributed by atoms with Gasteiger partial charge in [0.25, 0.3) is 0 Å². The van der Waals surface area contributed by atoms with Crippen LogP contribution in [0.4, 0.5) is 5.69 Å². The van der Waals surface area contributed by atoms with Crippen molar-refractivity contribution in [1.82, 2.24) is 0 Å². The van der Waals surface area contributed by atoms with Crippen molar-refractivity contribution in [1.29, 1.82) is 0 Å². The van der Waals surface area contributed by atoms with E-state index in [1.165, 1.54) is 5.56 Å². The Morgan fingerprint density at radius 1 is 1.17 bits per heavy atom. The molecule has 1 aromatic carbocycles. The SMILES string of the molecule is C1=Nc2ccccc2CC1.CC. The molecule has 12 heavy (non-hydrogen) atoms. The van der Waals surface area contributed by atoms with Crippen molar-refractivity contribution in [3.63, 3.8) is 0 Å². The van der Waals surface area contributed by atoms with Gasteiger partial charge in [-0.2, -0.15) is 0 Å². The van der Waals surface area contributed by atoms with Crippen LogP contribution < -0.4 is 0 Å². The number of hydrogen-bond acceptors (Lipinski definition) is 1. The van der Waals surface area contributed by atoms with E-state index in [0.29, 0.717) is 0 Å². The van der Waals surface area contributed by atoms with Crippen molar-refractivity contribution in [3.8, 4) is 0 Å². The number of benzene rings is 1. The Morgan fingerprint density at radius 2 is 1.92 bits per heavy atom. The molecule has 0 saturated carbocycles. The third-order valence-electron chi connectivity index (χ3n) is 1.76. The molecule has 64 valence electrons. The molecule has 1 nitrogen and oxygen atoms in total. The molecular formula is C11H15N. The van der Waals surface area contributed by atoms with Crippen LogP contribution in [0.1, 0.15) is 25.8 Å². The van der Waals surface area contributed by atoms with Gasteiger partial charge in [-0.15, -0.1) is 0 Å². The predicted octanol–water partition coefficient (Wildman–Crippen LogP) is 3.36. The lowest BCUT2D eigenvalue weighted by atomic mass is 10.1. The molecule has 2 rings (SSSR count). The summed E-state index contributed by atoms with van der Waals surface area (Å²) in [6.45, 7) is 4.00. The lowest BCUT2D eigenvalue weighted by Gasteiger charge is -2.07. The molecule has 0 spiro atoms. The first-order chi connectivity index (χ1) is 5.97. The number of aryl methyl sites for hydroxylation is 1. The van der Waals surface area contributed by atoms with Crippen LogP contribution in [0.15, 0.2) is 29.3 Å². The van der Waals surface area contributed by atoms with Gasteiger partial charge < -0.3 is 0 Å². The predicted molar refractivity (Wildman–Crippen MR) is 54.3 cm³/mol. The van der Waals surface area contributed by atoms with Crippen LogP contribution in [0.25, 0.3) is 0 Å². The molecule has 0 radical (unpaired) electrons. The normalized spacial score (nSPS) is 12.8. The van der Waals surface area contributed by atoms with Crippen molar-refractivity contribution in [2.45, 2.75) is 26.7 Å². The van der Waals surface area contributed by atoms with E-state index in [1.54, 1.807) is 0 Å². The van der Waals surface area contributed by atoms with Crippen LogP contribution in [-0.4, -0.2) is 6.21 Å². The first-order valence-corrected chi connectivity index (χ1v) is 4.57. The van der Waals surface area contributed by atoms with Gasteiger partial charge in [-0.05, 0) is 24.5 Å². The Morgan fingerprint density at radius 3 is 2.67 bits per heavy atom. The van der Waals surface area contributed by atoms with Crippen molar-refractivity contribution in [2.24, 2.45) is 4.99 Å². The first kappa shape index (κ1) is 8.98. The smallest absolute Gasteiger partial charge is 0.0657 e. The molecule has 0 fully saturated rings. The fourth-order valence-electron chi connectivity index (χ4n) is 1.23. The second-order valence-electron chi connectivity index (χ2n) is 2.48. The fraction of sp³-hybridized carbons (Fsp3) is 0.364. The van der Waals surface area contributed by atoms with E-state index >= 15 is 0 Å². The summed E-state index contributed by atoms with van der Waals surface area (Å²) in [7, 11) is 0. The largest absolute Gasteiger partial charge is 0.261 e. The maximum atomic E-state index is 4.27. The van der Waals surface area contributed by atoms with Gasteiger partial charge >= 0.3 is 0 Å². The summed E-state index contributed by atoms with van der Waals surface area (Å²) >= 11 is 0. The molecule has 1 aliphatic rings. The van der Waals surface area contributed by atoms with Crippen LogP contribution in [0, 0.1) is 0 Å². The summed E-state index contributed by atoms with van der Waals surface area (Å²) in [6, 6.07) is 8.30. The lowest BCUT2D eigenvalue weighted by Crippen LogP contribution is -1.91. The van der Waals surface area contributed by atoms with Gasteiger partial charge in [0.15, 0.2) is 0 Å². The monoisotopic (exact) mass is 161 g/mol. The summed E-state index contributed by atoms with van der Waals surface area (Å²) in [4.78, 5) is 4.27. The van der Waals surface area contributed by atoms with E-state index in [1.807, 2.05) is 26.1 Å². The average molecular weight is 161 g/mol. The van der Waals surface area contributed by atoms with Gasteiger partial charge in [0.05, 0.1) is 5.69 Å². The summed E-state index contributed by atoms with van der Waals surface area (Å²) < 4.78 is 0. The minimum atomic E-state index is 1.09. The molecule has 0 amide bonds. The number of nitrogens with zero attached hydrogens (tertiary/aromatic N) is 1. The minimum Gasteiger partial charge on any atom is -0.261 e. The molecule has 0 atom stereocenters. The zero-order valence-electron chi connectivity index (χ0n) is 7.75. The molecule has 1 heterocycles. The first-order valence-electron chi connectivity index (χ1n) is 4.57. The molecule has 0 saturated heterocycles. The average Bonchev–Trinajstić information content (AvgIpc) is 2.21. The molecule has 0 bridgehead atoms. The Balaban J connectivity index is 0.000000336. The van der Waals surface area contributed by atoms with Crippen LogP contribution in [0.3, 0.4) is 0 Å². The second kappa shape index (κ2) is 4.70. The summed E-state index contributed by atoms with van der Waals surface area (Å²) in [5.74, 6) is 0. The molecule has 1 heteroatoms. The van der Waals surface area contributed by atoms with Gasteiger partial charge in [-0.1, -0.05) is 32.0 Å². The van der Waals surface area contributed by atoms with Crippen LogP contribution >= 0.6 is 0 Å². The van der Waals surface area contributed by atoms with Crippen molar-refractivity contribution in [3.05, 3.63) is 29.8 Å². The number of para-hydroxylation sites is 1. The van der Waals surface area contributed by atoms with Gasteiger partial charge in [0, 0.05) is 6.21 Å². The Labute approximate surface area is 74.2 Å². The highest BCUT2D eigenvalue weighted by Gasteiger charge is 2.01. The van der Waals surface area contributed by atoms with Crippen molar-refractivity contribution in [2.75, 3.05) is 0 Å². The summed E-state index contributed by atoms with van der Waals surface area (Å²) in [5.41, 5.74) is 2.53. The number of hydrogen-bond donors (Lipinski definition) is 0. The van der Waals surface area contributed by atoms with E-state index < -0.39 is 0 Å². The highest BCUT2D eigenvalue weighted by molar-refractivity contribution is 5.68. The van der Waals surface area contributed by atoms with E-state index in [4.69, 9.17) is 0 Å². The van der Waals surface area contributed by atoms with E-state index in [2.05, 4.69) is 23.2 Å². The third kappa shape index (κ3) is 1.94. The Hall–Kier alpha value is -1.11. The van der Waals surface area contributed by atoms with E-state index in [-0.39, 0.29) is 0 Å². The summed E-state index contributed by atoms with van der Waals surface area (Å²) in [5, 5.41) is 0. The second-order valence-corrected chi connectivity index (χ2v) is 2.48. The van der Waals surface area contributed by atoms with Gasteiger partial charge in [-0.3, -0.25) is 4.99 Å². The van der Waals surface area contributed by atoms with Crippen molar-refractivity contribution >= 4 is 11.9 Å². The standard InChI is InChI=1S/C9H9N.C2H6/c1-2-6-9-8(4-1)5-3-7-10-9;1-2/h1-2,4,6-7H,3,5H2;1-2H3. The Bertz CT molecular complexity index is 263. The number of fused-ring (bicyclic) bond motifs is 1. The molecule has 1 aliphatic heterocycles. The third-order valence-corrected chi connectivity index (χ3v) is 1.76. The molecule has 1 aromatic rings. The van der Waals surface area contributed by atoms with E-state index in [0.717, 1.165) is 18.5 Å². The topological polar surface area (TPSA) is 12.4 Å². The summed E-state index contributed by atoms with van der Waals surface area (Å²) in [6.07, 6.45) is 4.24. The van der Waals surface area contributed by atoms with Crippen LogP contribution in [0.2, 0.25) is 0 Å². The van der Waals surface area contributed by atoms with Crippen LogP contribution in [-0.2, 0) is 6.42 Å².